The average molecular weight is 270 g/mol. The van der Waals surface area contributed by atoms with E-state index in [1.54, 1.807) is 13.1 Å². The Bertz CT molecular complexity index is 694. The second-order valence-electron chi connectivity index (χ2n) is 4.31. The van der Waals surface area contributed by atoms with Crippen LogP contribution in [0.3, 0.4) is 0 Å². The van der Waals surface area contributed by atoms with Crippen molar-refractivity contribution in [3.05, 3.63) is 47.7 Å². The van der Waals surface area contributed by atoms with Gasteiger partial charge in [0.05, 0.1) is 11.6 Å². The summed E-state index contributed by atoms with van der Waals surface area (Å²) in [6.07, 6.45) is 4.33. The minimum Gasteiger partial charge on any atom is -0.595 e. The van der Waals surface area contributed by atoms with E-state index in [0.717, 1.165) is 10.9 Å². The zero-order valence-corrected chi connectivity index (χ0v) is 11.2. The first-order valence-corrected chi connectivity index (χ1v) is 6.14. The number of hydrogen-bond donors (Lipinski definition) is 0. The molecule has 0 saturated heterocycles. The summed E-state index contributed by atoms with van der Waals surface area (Å²) in [4.78, 5) is 19.8. The minimum atomic E-state index is -0.658. The number of benzene rings is 1. The molecule has 1 atom stereocenters. The lowest BCUT2D eigenvalue weighted by atomic mass is 10.2. The molecule has 0 aliphatic carbocycles. The molecule has 2 rings (SSSR count). The van der Waals surface area contributed by atoms with Crippen LogP contribution >= 0.6 is 0 Å². The zero-order valence-electron chi connectivity index (χ0n) is 11.2. The highest BCUT2D eigenvalue weighted by Crippen LogP contribution is 2.10. The number of carbonyl (C=O) groups excluding carboxylic acids is 1. The van der Waals surface area contributed by atoms with Crippen LogP contribution in [0.4, 0.5) is 0 Å². The average Bonchev–Trinajstić information content (AvgIpc) is 2.44. The highest BCUT2D eigenvalue weighted by molar-refractivity contribution is 5.80. The molecule has 0 aliphatic rings. The third-order valence-electron chi connectivity index (χ3n) is 2.73. The maximum absolute atomic E-state index is 11.5. The van der Waals surface area contributed by atoms with Crippen molar-refractivity contribution < 1.29 is 9.66 Å². The SMILES string of the molecule is CC(=O)C(C)N=[N+]([O-])C=Cc1ncc2ccccc2n1. The van der Waals surface area contributed by atoms with Gasteiger partial charge in [0.15, 0.2) is 17.6 Å². The van der Waals surface area contributed by atoms with Crippen LogP contribution in [0.15, 0.2) is 41.8 Å². The molecule has 6 heteroatoms. The molecule has 1 aromatic heterocycles. The van der Waals surface area contributed by atoms with E-state index < -0.39 is 6.04 Å². The highest BCUT2D eigenvalue weighted by atomic mass is 16.5. The zero-order chi connectivity index (χ0) is 14.5. The Morgan fingerprint density at radius 3 is 2.95 bits per heavy atom. The lowest BCUT2D eigenvalue weighted by Crippen LogP contribution is -2.12. The molecule has 0 bridgehead atoms. The van der Waals surface area contributed by atoms with Crippen molar-refractivity contribution in [2.45, 2.75) is 19.9 Å². The molecule has 0 aliphatic heterocycles. The number of Topliss-reactive ketones (excluding diaryl/α,β-unsaturated/α-hetero) is 1. The van der Waals surface area contributed by atoms with E-state index in [0.29, 0.717) is 10.7 Å². The van der Waals surface area contributed by atoms with Gasteiger partial charge in [0.25, 0.3) is 0 Å². The van der Waals surface area contributed by atoms with Crippen LogP contribution in [0, 0.1) is 5.21 Å². The fourth-order valence-electron chi connectivity index (χ4n) is 1.49. The molecule has 0 fully saturated rings. The van der Waals surface area contributed by atoms with Crippen molar-refractivity contribution >= 4 is 22.8 Å². The summed E-state index contributed by atoms with van der Waals surface area (Å²) in [5.74, 6) is 0.247. The topological polar surface area (TPSA) is 81.3 Å². The number of ketones is 1. The van der Waals surface area contributed by atoms with Gasteiger partial charge in [0.2, 0.25) is 6.20 Å². The summed E-state index contributed by atoms with van der Waals surface area (Å²) in [7, 11) is 0. The van der Waals surface area contributed by atoms with Gasteiger partial charge in [0, 0.05) is 11.6 Å². The second-order valence-corrected chi connectivity index (χ2v) is 4.31. The summed E-state index contributed by atoms with van der Waals surface area (Å²) >= 11 is 0. The molecule has 102 valence electrons. The minimum absolute atomic E-state index is 0.166. The fraction of sp³-hybridized carbons (Fsp3) is 0.214. The summed E-state index contributed by atoms with van der Waals surface area (Å²) in [6, 6.07) is 6.91. The van der Waals surface area contributed by atoms with E-state index in [2.05, 4.69) is 15.1 Å². The quantitative estimate of drug-likeness (QED) is 0.485. The number of nitrogens with zero attached hydrogens (tertiary/aromatic N) is 4. The molecule has 1 heterocycles. The molecule has 0 spiro atoms. The Morgan fingerprint density at radius 1 is 1.45 bits per heavy atom. The van der Waals surface area contributed by atoms with E-state index in [9.17, 15) is 10.0 Å². The molecule has 2 aromatic rings. The van der Waals surface area contributed by atoms with Crippen molar-refractivity contribution in [3.8, 4) is 0 Å². The lowest BCUT2D eigenvalue weighted by Gasteiger charge is -1.99. The number of carbonyl (C=O) groups is 1. The van der Waals surface area contributed by atoms with Gasteiger partial charge < -0.3 is 5.21 Å². The van der Waals surface area contributed by atoms with E-state index in [1.165, 1.54) is 19.2 Å². The van der Waals surface area contributed by atoms with Crippen LogP contribution in [0.25, 0.3) is 17.0 Å². The van der Waals surface area contributed by atoms with Crippen molar-refractivity contribution in [1.82, 2.24) is 9.97 Å². The van der Waals surface area contributed by atoms with Gasteiger partial charge in [-0.05, 0) is 25.0 Å². The number of fused-ring (bicyclic) bond motifs is 1. The van der Waals surface area contributed by atoms with E-state index in [4.69, 9.17) is 0 Å². The first-order chi connectivity index (χ1) is 9.56. The van der Waals surface area contributed by atoms with Gasteiger partial charge in [-0.25, -0.2) is 9.97 Å². The van der Waals surface area contributed by atoms with E-state index >= 15 is 0 Å². The molecule has 20 heavy (non-hydrogen) atoms. The Labute approximate surface area is 116 Å². The first-order valence-electron chi connectivity index (χ1n) is 6.14. The second kappa shape index (κ2) is 6.01. The molecule has 0 radical (unpaired) electrons. The van der Waals surface area contributed by atoms with Crippen molar-refractivity contribution in [2.75, 3.05) is 0 Å². The predicted octanol–water partition coefficient (Wildman–Crippen LogP) is 2.54. The smallest absolute Gasteiger partial charge is 0.213 e. The maximum atomic E-state index is 11.5. The van der Waals surface area contributed by atoms with Gasteiger partial charge in [-0.1, -0.05) is 23.1 Å². The fourth-order valence-corrected chi connectivity index (χ4v) is 1.49. The van der Waals surface area contributed by atoms with Crippen molar-refractivity contribution in [1.29, 1.82) is 0 Å². The summed E-state index contributed by atoms with van der Waals surface area (Å²) in [6.45, 7) is 2.95. The van der Waals surface area contributed by atoms with Crippen LogP contribution in [0.5, 0.6) is 0 Å². The monoisotopic (exact) mass is 270 g/mol. The van der Waals surface area contributed by atoms with Crippen LogP contribution < -0.4 is 0 Å². The van der Waals surface area contributed by atoms with Gasteiger partial charge in [-0.15, -0.1) is 0 Å². The molecule has 0 saturated carbocycles. The third kappa shape index (κ3) is 3.44. The molecular weight excluding hydrogens is 256 g/mol. The summed E-state index contributed by atoms with van der Waals surface area (Å²) in [5.41, 5.74) is 0.800. The molecule has 0 amide bonds. The Kier molecular flexibility index (Phi) is 4.14. The van der Waals surface area contributed by atoms with Crippen LogP contribution in [-0.4, -0.2) is 26.7 Å². The Hall–Kier alpha value is -2.63. The number of hydrogen-bond acceptors (Lipinski definition) is 5. The first kappa shape index (κ1) is 13.8. The van der Waals surface area contributed by atoms with Gasteiger partial charge in [-0.2, -0.15) is 0 Å². The van der Waals surface area contributed by atoms with Gasteiger partial charge in [0.1, 0.15) is 0 Å². The Balaban J connectivity index is 2.19. The Morgan fingerprint density at radius 2 is 2.20 bits per heavy atom. The number of para-hydroxylation sites is 1. The molecule has 6 nitrogen and oxygen atoms in total. The standard InChI is InChI=1S/C14H14N4O2/c1-10(11(2)19)17-18(20)8-7-14-15-9-12-5-3-4-6-13(12)16-14/h3-10H,1-2H3. The number of aromatic nitrogens is 2. The van der Waals surface area contributed by atoms with Crippen LogP contribution in [0.1, 0.15) is 19.7 Å². The predicted molar refractivity (Wildman–Crippen MR) is 74.8 cm³/mol. The largest absolute Gasteiger partial charge is 0.595 e. The van der Waals surface area contributed by atoms with E-state index in [-0.39, 0.29) is 5.78 Å². The molecule has 1 unspecified atom stereocenters. The molecule has 1 aromatic carbocycles. The lowest BCUT2D eigenvalue weighted by molar-refractivity contribution is -0.459. The van der Waals surface area contributed by atoms with Gasteiger partial charge in [-0.3, -0.25) is 4.79 Å². The third-order valence-corrected chi connectivity index (χ3v) is 2.73. The summed E-state index contributed by atoms with van der Waals surface area (Å²) < 4.78 is 0. The highest BCUT2D eigenvalue weighted by Gasteiger charge is 2.08. The van der Waals surface area contributed by atoms with Crippen LogP contribution in [-0.2, 0) is 4.79 Å². The number of hydroxylamine groups is 1. The van der Waals surface area contributed by atoms with Crippen molar-refractivity contribution in [2.24, 2.45) is 5.11 Å². The number of rotatable bonds is 4. The van der Waals surface area contributed by atoms with Crippen LogP contribution in [0.2, 0.25) is 0 Å². The normalized spacial score (nSPS) is 13.8. The maximum Gasteiger partial charge on any atom is 0.213 e. The molecule has 0 N–H and O–H groups in total. The van der Waals surface area contributed by atoms with Gasteiger partial charge >= 0.3 is 0 Å². The summed E-state index contributed by atoms with van der Waals surface area (Å²) in [5, 5.41) is 16.0. The van der Waals surface area contributed by atoms with Crippen molar-refractivity contribution in [3.63, 3.8) is 0 Å². The number of azo groups is 1. The van der Waals surface area contributed by atoms with E-state index in [1.807, 2.05) is 24.3 Å². The molecular formula is C14H14N4O2.